The van der Waals surface area contributed by atoms with Crippen LogP contribution in [-0.2, 0) is 0 Å². The van der Waals surface area contributed by atoms with Crippen molar-refractivity contribution < 1.29 is 13.7 Å². The summed E-state index contributed by atoms with van der Waals surface area (Å²) in [5, 5.41) is 10.4. The van der Waals surface area contributed by atoms with Crippen molar-refractivity contribution in [2.45, 2.75) is 18.9 Å². The van der Waals surface area contributed by atoms with Gasteiger partial charge in [-0.2, -0.15) is 0 Å². The molecule has 0 fully saturated rings. The fourth-order valence-electron chi connectivity index (χ4n) is 1.20. The summed E-state index contributed by atoms with van der Waals surface area (Å²) in [6, 6.07) is 4.56. The predicted octanol–water partition coefficient (Wildman–Crippen LogP) is 2.67. The van der Waals surface area contributed by atoms with Crippen LogP contribution in [0.1, 0.15) is 18.0 Å². The number of nitrogens with two attached hydrogens (primary N) is 1. The molecule has 0 heterocycles. The normalized spacial score (nSPS) is 12.0. The van der Waals surface area contributed by atoms with Crippen molar-refractivity contribution in [3.63, 3.8) is 0 Å². The minimum atomic E-state index is -2.51. The number of alkyl halides is 2. The second kappa shape index (κ2) is 6.34. The molecule has 0 aliphatic carbocycles. The third-order valence-electron chi connectivity index (χ3n) is 1.94. The minimum absolute atomic E-state index is 0. The monoisotopic (exact) mass is 252 g/mol. The average molecular weight is 253 g/mol. The largest absolute Gasteiger partial charge is 0.324 e. The summed E-state index contributed by atoms with van der Waals surface area (Å²) in [7, 11) is 0. The van der Waals surface area contributed by atoms with E-state index < -0.39 is 23.8 Å². The number of non-ortho nitro benzene ring substituents is 1. The van der Waals surface area contributed by atoms with Gasteiger partial charge in [-0.25, -0.2) is 8.78 Å². The summed E-state index contributed by atoms with van der Waals surface area (Å²) in [5.41, 5.74) is 5.67. The maximum Gasteiger partial charge on any atom is 0.269 e. The van der Waals surface area contributed by atoms with Gasteiger partial charge in [0.15, 0.2) is 0 Å². The molecule has 4 nitrogen and oxygen atoms in total. The topological polar surface area (TPSA) is 69.2 Å². The van der Waals surface area contributed by atoms with Gasteiger partial charge in [0.25, 0.3) is 5.69 Å². The van der Waals surface area contributed by atoms with Crippen molar-refractivity contribution in [1.29, 1.82) is 0 Å². The van der Waals surface area contributed by atoms with Gasteiger partial charge in [0.2, 0.25) is 6.43 Å². The summed E-state index contributed by atoms with van der Waals surface area (Å²) in [4.78, 5) is 9.83. The molecule has 16 heavy (non-hydrogen) atoms. The molecule has 0 aliphatic heterocycles. The van der Waals surface area contributed by atoms with Gasteiger partial charge in [-0.1, -0.05) is 12.1 Å². The predicted molar refractivity (Wildman–Crippen MR) is 57.9 cm³/mol. The van der Waals surface area contributed by atoms with E-state index in [9.17, 15) is 18.9 Å². The van der Waals surface area contributed by atoms with E-state index in [0.717, 1.165) is 0 Å². The smallest absolute Gasteiger partial charge is 0.269 e. The van der Waals surface area contributed by atoms with Crippen molar-refractivity contribution in [2.75, 3.05) is 0 Å². The molecule has 0 amide bonds. The Bertz CT molecular complexity index is 363. The fraction of sp³-hybridized carbons (Fsp3) is 0.333. The van der Waals surface area contributed by atoms with E-state index in [4.69, 9.17) is 5.73 Å². The van der Waals surface area contributed by atoms with Gasteiger partial charge in [0.05, 0.1) is 4.92 Å². The van der Waals surface area contributed by atoms with Gasteiger partial charge < -0.3 is 5.73 Å². The van der Waals surface area contributed by atoms with Crippen LogP contribution in [0.5, 0.6) is 0 Å². The van der Waals surface area contributed by atoms with Gasteiger partial charge in [-0.05, 0) is 5.56 Å². The summed E-state index contributed by atoms with van der Waals surface area (Å²) in [5.74, 6) is 0. The molecule has 0 spiro atoms. The standard InChI is InChI=1S/C9H10F2N2O2.ClH/c10-9(11)5-8(12)6-2-1-3-7(4-6)13(14)15;/h1-4,8-9H,5,12H2;1H/t8-;/m0./s1. The van der Waals surface area contributed by atoms with E-state index in [0.29, 0.717) is 5.56 Å². The quantitative estimate of drug-likeness (QED) is 0.662. The number of halogens is 3. The number of rotatable bonds is 4. The Labute approximate surface area is 97.0 Å². The maximum absolute atomic E-state index is 12.0. The zero-order chi connectivity index (χ0) is 11.4. The van der Waals surface area contributed by atoms with Gasteiger partial charge >= 0.3 is 0 Å². The molecule has 0 aromatic heterocycles. The number of benzene rings is 1. The van der Waals surface area contributed by atoms with Crippen LogP contribution in [0, 0.1) is 10.1 Å². The molecule has 7 heteroatoms. The van der Waals surface area contributed by atoms with Gasteiger partial charge in [0.1, 0.15) is 0 Å². The van der Waals surface area contributed by atoms with Gasteiger partial charge in [-0.3, -0.25) is 10.1 Å². The van der Waals surface area contributed by atoms with Crippen LogP contribution in [-0.4, -0.2) is 11.3 Å². The van der Waals surface area contributed by atoms with Crippen LogP contribution in [0.4, 0.5) is 14.5 Å². The lowest BCUT2D eigenvalue weighted by Crippen LogP contribution is -2.14. The van der Waals surface area contributed by atoms with Crippen molar-refractivity contribution in [2.24, 2.45) is 5.73 Å². The summed E-state index contributed by atoms with van der Waals surface area (Å²) < 4.78 is 24.0. The number of nitro groups is 1. The molecule has 1 atom stereocenters. The Morgan fingerprint density at radius 2 is 2.06 bits per heavy atom. The summed E-state index contributed by atoms with van der Waals surface area (Å²) in [6.45, 7) is 0. The highest BCUT2D eigenvalue weighted by Crippen LogP contribution is 2.21. The summed E-state index contributed by atoms with van der Waals surface area (Å²) >= 11 is 0. The number of nitrogens with zero attached hydrogens (tertiary/aromatic N) is 1. The van der Waals surface area contributed by atoms with Crippen LogP contribution in [0.2, 0.25) is 0 Å². The fourth-order valence-corrected chi connectivity index (χ4v) is 1.20. The van der Waals surface area contributed by atoms with Crippen LogP contribution in [0.25, 0.3) is 0 Å². The Morgan fingerprint density at radius 3 is 2.56 bits per heavy atom. The highest BCUT2D eigenvalue weighted by molar-refractivity contribution is 5.85. The van der Waals surface area contributed by atoms with Crippen molar-refractivity contribution >= 4 is 18.1 Å². The van der Waals surface area contributed by atoms with E-state index >= 15 is 0 Å². The molecule has 0 bridgehead atoms. The summed E-state index contributed by atoms with van der Waals surface area (Å²) in [6.07, 6.45) is -3.01. The van der Waals surface area contributed by atoms with E-state index in [1.54, 1.807) is 0 Å². The third-order valence-corrected chi connectivity index (χ3v) is 1.94. The zero-order valence-corrected chi connectivity index (χ0v) is 8.99. The lowest BCUT2D eigenvalue weighted by Gasteiger charge is -2.10. The van der Waals surface area contributed by atoms with Crippen LogP contribution < -0.4 is 5.73 Å². The lowest BCUT2D eigenvalue weighted by molar-refractivity contribution is -0.384. The lowest BCUT2D eigenvalue weighted by atomic mass is 10.0. The van der Waals surface area contributed by atoms with Gasteiger partial charge in [0, 0.05) is 24.6 Å². The first-order chi connectivity index (χ1) is 7.00. The molecule has 0 aliphatic rings. The Morgan fingerprint density at radius 1 is 1.44 bits per heavy atom. The first kappa shape index (κ1) is 14.7. The van der Waals surface area contributed by atoms with Crippen LogP contribution in [0.3, 0.4) is 0 Å². The Kier molecular flexibility index (Phi) is 5.84. The molecule has 0 saturated carbocycles. The Balaban J connectivity index is 0.00000225. The molecule has 0 unspecified atom stereocenters. The maximum atomic E-state index is 12.0. The molecule has 0 radical (unpaired) electrons. The first-order valence-corrected chi connectivity index (χ1v) is 4.29. The van der Waals surface area contributed by atoms with Crippen molar-refractivity contribution in [1.82, 2.24) is 0 Å². The number of hydrogen-bond donors (Lipinski definition) is 1. The van der Waals surface area contributed by atoms with Crippen LogP contribution >= 0.6 is 12.4 Å². The highest BCUT2D eigenvalue weighted by atomic mass is 35.5. The van der Waals surface area contributed by atoms with E-state index in [1.165, 1.54) is 24.3 Å². The minimum Gasteiger partial charge on any atom is -0.324 e. The molecule has 1 rings (SSSR count). The molecule has 90 valence electrons. The highest BCUT2D eigenvalue weighted by Gasteiger charge is 2.15. The van der Waals surface area contributed by atoms with Crippen molar-refractivity contribution in [3.8, 4) is 0 Å². The zero-order valence-electron chi connectivity index (χ0n) is 8.18. The first-order valence-electron chi connectivity index (χ1n) is 4.29. The molecule has 0 saturated heterocycles. The average Bonchev–Trinajstić information content (AvgIpc) is 2.17. The second-order valence-corrected chi connectivity index (χ2v) is 3.09. The van der Waals surface area contributed by atoms with Gasteiger partial charge in [-0.15, -0.1) is 12.4 Å². The SMILES string of the molecule is Cl.N[C@@H](CC(F)F)c1cccc([N+](=O)[O-])c1. The molecular weight excluding hydrogens is 242 g/mol. The number of hydrogen-bond acceptors (Lipinski definition) is 3. The molecule has 2 N–H and O–H groups in total. The van der Waals surface area contributed by atoms with E-state index in [-0.39, 0.29) is 18.1 Å². The van der Waals surface area contributed by atoms with Crippen LogP contribution in [0.15, 0.2) is 24.3 Å². The molecule has 1 aromatic rings. The third kappa shape index (κ3) is 4.08. The molecular formula is C9H11ClF2N2O2. The van der Waals surface area contributed by atoms with Crippen molar-refractivity contribution in [3.05, 3.63) is 39.9 Å². The van der Waals surface area contributed by atoms with E-state index in [2.05, 4.69) is 0 Å². The second-order valence-electron chi connectivity index (χ2n) is 3.09. The number of nitro benzene ring substituents is 1. The Hall–Kier alpha value is -1.27. The molecule has 1 aromatic carbocycles. The van der Waals surface area contributed by atoms with E-state index in [1.807, 2.05) is 0 Å².